The highest BCUT2D eigenvalue weighted by Crippen LogP contribution is 2.22. The van der Waals surface area contributed by atoms with E-state index >= 15 is 0 Å². The zero-order valence-electron chi connectivity index (χ0n) is 8.20. The van der Waals surface area contributed by atoms with Gasteiger partial charge in [0.2, 0.25) is 0 Å². The highest BCUT2D eigenvalue weighted by atomic mass is 35.5. The van der Waals surface area contributed by atoms with Crippen molar-refractivity contribution in [2.45, 2.75) is 12.3 Å². The number of nitrogens with one attached hydrogen (secondary N) is 1. The average Bonchev–Trinajstić information content (AvgIpc) is 2.14. The Hall–Kier alpha value is -1.42. The topological polar surface area (TPSA) is 69.6 Å². The number of rotatable bonds is 3. The van der Waals surface area contributed by atoms with Crippen molar-refractivity contribution in [3.05, 3.63) is 23.8 Å². The molecular weight excluding hydrogens is 218 g/mol. The van der Waals surface area contributed by atoms with Gasteiger partial charge in [0.25, 0.3) is 5.91 Å². The highest BCUT2D eigenvalue weighted by molar-refractivity contribution is 6.20. The van der Waals surface area contributed by atoms with Crippen LogP contribution in [0, 0.1) is 0 Å². The van der Waals surface area contributed by atoms with Crippen LogP contribution in [0.1, 0.15) is 17.3 Å². The van der Waals surface area contributed by atoms with Gasteiger partial charge < -0.3 is 15.5 Å². The van der Waals surface area contributed by atoms with Crippen molar-refractivity contribution in [1.29, 1.82) is 0 Å². The molecule has 0 radical (unpaired) electrons. The molecule has 0 heterocycles. The van der Waals surface area contributed by atoms with Crippen molar-refractivity contribution in [3.63, 3.8) is 0 Å². The Balaban J connectivity index is 2.74. The molecule has 0 fully saturated rings. The molecule has 5 heteroatoms. The number of benzene rings is 1. The number of carbonyl (C=O) groups is 1. The summed E-state index contributed by atoms with van der Waals surface area (Å²) < 4.78 is 0. The Morgan fingerprint density at radius 2 is 2.20 bits per heavy atom. The van der Waals surface area contributed by atoms with Crippen molar-refractivity contribution < 1.29 is 15.0 Å². The van der Waals surface area contributed by atoms with Gasteiger partial charge in [-0.05, 0) is 19.1 Å². The maximum Gasteiger partial charge on any atom is 0.255 e. The molecule has 4 nitrogen and oxygen atoms in total. The second-order valence-electron chi connectivity index (χ2n) is 3.19. The molecule has 0 spiro atoms. The van der Waals surface area contributed by atoms with Gasteiger partial charge in [0, 0.05) is 18.0 Å². The maximum absolute atomic E-state index is 11.5. The van der Waals surface area contributed by atoms with Crippen LogP contribution in [0.2, 0.25) is 0 Å². The van der Waals surface area contributed by atoms with Gasteiger partial charge >= 0.3 is 0 Å². The molecule has 1 amide bonds. The van der Waals surface area contributed by atoms with Gasteiger partial charge in [-0.25, -0.2) is 0 Å². The molecule has 1 rings (SSSR count). The van der Waals surface area contributed by atoms with Gasteiger partial charge in [-0.3, -0.25) is 4.79 Å². The van der Waals surface area contributed by atoms with Gasteiger partial charge in [0.05, 0.1) is 5.56 Å². The molecule has 1 unspecified atom stereocenters. The van der Waals surface area contributed by atoms with E-state index in [1.807, 2.05) is 0 Å². The normalized spacial score (nSPS) is 12.1. The van der Waals surface area contributed by atoms with Crippen LogP contribution in [0.15, 0.2) is 18.2 Å². The molecule has 0 saturated carbocycles. The summed E-state index contributed by atoms with van der Waals surface area (Å²) in [5.74, 6) is -0.760. The lowest BCUT2D eigenvalue weighted by Gasteiger charge is -2.07. The Morgan fingerprint density at radius 3 is 2.73 bits per heavy atom. The second kappa shape index (κ2) is 4.89. The number of alkyl halides is 1. The lowest BCUT2D eigenvalue weighted by atomic mass is 10.2. The first-order chi connectivity index (χ1) is 7.00. The number of phenols is 2. The molecule has 0 aliphatic carbocycles. The van der Waals surface area contributed by atoms with E-state index in [4.69, 9.17) is 16.7 Å². The van der Waals surface area contributed by atoms with Gasteiger partial charge in [0.1, 0.15) is 11.5 Å². The number of carbonyl (C=O) groups excluding carboxylic acids is 1. The lowest BCUT2D eigenvalue weighted by Crippen LogP contribution is -2.28. The molecule has 0 bridgehead atoms. The third kappa shape index (κ3) is 3.32. The van der Waals surface area contributed by atoms with E-state index in [1.165, 1.54) is 12.1 Å². The predicted molar refractivity (Wildman–Crippen MR) is 57.4 cm³/mol. The molecule has 1 aromatic rings. The minimum absolute atomic E-state index is 0.0882. The number of hydrogen-bond acceptors (Lipinski definition) is 3. The maximum atomic E-state index is 11.5. The first-order valence-electron chi connectivity index (χ1n) is 4.45. The summed E-state index contributed by atoms with van der Waals surface area (Å²) in [5.41, 5.74) is 0.116. The van der Waals surface area contributed by atoms with E-state index in [0.29, 0.717) is 6.54 Å². The minimum Gasteiger partial charge on any atom is -0.508 e. The summed E-state index contributed by atoms with van der Waals surface area (Å²) in [6.07, 6.45) is 0. The number of hydrogen-bond donors (Lipinski definition) is 3. The standard InChI is InChI=1S/C10H12ClNO3/c1-6(11)5-12-10(15)8-3-2-7(13)4-9(8)14/h2-4,6,13-14H,5H2,1H3,(H,12,15). The van der Waals surface area contributed by atoms with Crippen molar-refractivity contribution in [2.24, 2.45) is 0 Å². The van der Waals surface area contributed by atoms with Crippen LogP contribution in [0.3, 0.4) is 0 Å². The Bertz CT molecular complexity index is 366. The SMILES string of the molecule is CC(Cl)CNC(=O)c1ccc(O)cc1O. The number of halogens is 1. The molecule has 1 atom stereocenters. The van der Waals surface area contributed by atoms with Gasteiger partial charge in [-0.1, -0.05) is 0 Å². The summed E-state index contributed by atoms with van der Waals surface area (Å²) in [6, 6.07) is 3.79. The summed E-state index contributed by atoms with van der Waals surface area (Å²) in [6.45, 7) is 2.07. The van der Waals surface area contributed by atoms with Crippen molar-refractivity contribution in [3.8, 4) is 11.5 Å². The molecule has 0 aromatic heterocycles. The van der Waals surface area contributed by atoms with E-state index in [0.717, 1.165) is 6.07 Å². The third-order valence-electron chi connectivity index (χ3n) is 1.77. The zero-order chi connectivity index (χ0) is 11.4. The highest BCUT2D eigenvalue weighted by Gasteiger charge is 2.11. The molecule has 15 heavy (non-hydrogen) atoms. The smallest absolute Gasteiger partial charge is 0.255 e. The molecule has 1 aromatic carbocycles. The van der Waals surface area contributed by atoms with E-state index in [-0.39, 0.29) is 22.4 Å². The zero-order valence-corrected chi connectivity index (χ0v) is 8.95. The summed E-state index contributed by atoms with van der Waals surface area (Å²) in [4.78, 5) is 11.5. The van der Waals surface area contributed by atoms with E-state index in [1.54, 1.807) is 6.92 Å². The van der Waals surface area contributed by atoms with Gasteiger partial charge in [0.15, 0.2) is 0 Å². The molecular formula is C10H12ClNO3. The fourth-order valence-corrected chi connectivity index (χ4v) is 1.12. The number of aromatic hydroxyl groups is 2. The third-order valence-corrected chi connectivity index (χ3v) is 1.92. The summed E-state index contributed by atoms with van der Waals surface area (Å²) in [7, 11) is 0. The molecule has 82 valence electrons. The second-order valence-corrected chi connectivity index (χ2v) is 3.94. The molecule has 0 aliphatic rings. The Kier molecular flexibility index (Phi) is 3.80. The molecule has 0 saturated heterocycles. The van der Waals surface area contributed by atoms with Crippen LogP contribution in [-0.4, -0.2) is 28.0 Å². The van der Waals surface area contributed by atoms with Crippen LogP contribution in [-0.2, 0) is 0 Å². The average molecular weight is 230 g/mol. The van der Waals surface area contributed by atoms with Gasteiger partial charge in [-0.2, -0.15) is 0 Å². The predicted octanol–water partition coefficient (Wildman–Crippen LogP) is 1.45. The van der Waals surface area contributed by atoms with Crippen LogP contribution < -0.4 is 5.32 Å². The van der Waals surface area contributed by atoms with Gasteiger partial charge in [-0.15, -0.1) is 11.6 Å². The van der Waals surface area contributed by atoms with E-state index in [9.17, 15) is 9.90 Å². The number of phenolic OH excluding ortho intramolecular Hbond substituents is 2. The Morgan fingerprint density at radius 1 is 1.53 bits per heavy atom. The minimum atomic E-state index is -0.417. The lowest BCUT2D eigenvalue weighted by molar-refractivity contribution is 0.0951. The fraction of sp³-hybridized carbons (Fsp3) is 0.300. The van der Waals surface area contributed by atoms with Crippen LogP contribution in [0.4, 0.5) is 0 Å². The van der Waals surface area contributed by atoms with Crippen LogP contribution >= 0.6 is 11.6 Å². The van der Waals surface area contributed by atoms with Crippen molar-refractivity contribution in [1.82, 2.24) is 5.32 Å². The van der Waals surface area contributed by atoms with Crippen LogP contribution in [0.25, 0.3) is 0 Å². The summed E-state index contributed by atoms with van der Waals surface area (Å²) >= 11 is 5.66. The van der Waals surface area contributed by atoms with Crippen molar-refractivity contribution >= 4 is 17.5 Å². The van der Waals surface area contributed by atoms with Crippen molar-refractivity contribution in [2.75, 3.05) is 6.54 Å². The van der Waals surface area contributed by atoms with Crippen LogP contribution in [0.5, 0.6) is 11.5 Å². The van der Waals surface area contributed by atoms with E-state index < -0.39 is 5.91 Å². The Labute approximate surface area is 92.5 Å². The first-order valence-corrected chi connectivity index (χ1v) is 4.88. The molecule has 3 N–H and O–H groups in total. The fourth-order valence-electron chi connectivity index (χ4n) is 1.04. The van der Waals surface area contributed by atoms with E-state index in [2.05, 4.69) is 5.32 Å². The first kappa shape index (κ1) is 11.7. The largest absolute Gasteiger partial charge is 0.508 e. The molecule has 0 aliphatic heterocycles. The summed E-state index contributed by atoms with van der Waals surface area (Å²) in [5, 5.41) is 20.8. The number of amides is 1. The quantitative estimate of drug-likeness (QED) is 0.688. The monoisotopic (exact) mass is 229 g/mol.